The fourth-order valence-electron chi connectivity index (χ4n) is 2.50. The summed E-state index contributed by atoms with van der Waals surface area (Å²) in [4.78, 5) is 29.8. The molecule has 144 valence electrons. The van der Waals surface area contributed by atoms with Crippen molar-refractivity contribution in [1.29, 1.82) is 0 Å². The lowest BCUT2D eigenvalue weighted by atomic mass is 10.2. The topological polar surface area (TPSA) is 80.8 Å². The number of ether oxygens (including phenoxy) is 2. The van der Waals surface area contributed by atoms with E-state index in [1.54, 1.807) is 50.7 Å². The van der Waals surface area contributed by atoms with Crippen molar-refractivity contribution >= 4 is 11.8 Å². The van der Waals surface area contributed by atoms with Gasteiger partial charge in [0, 0.05) is 32.5 Å². The van der Waals surface area contributed by atoms with Crippen LogP contribution in [0.2, 0.25) is 0 Å². The van der Waals surface area contributed by atoms with Crippen LogP contribution in [0.5, 0.6) is 11.5 Å². The van der Waals surface area contributed by atoms with Gasteiger partial charge in [0.05, 0.1) is 14.2 Å². The molecule has 1 aromatic heterocycles. The number of aromatic nitrogens is 1. The lowest BCUT2D eigenvalue weighted by Gasteiger charge is -2.17. The van der Waals surface area contributed by atoms with Crippen LogP contribution in [0, 0.1) is 0 Å². The van der Waals surface area contributed by atoms with Crippen LogP contribution in [0.15, 0.2) is 42.7 Å². The van der Waals surface area contributed by atoms with Gasteiger partial charge in [0.15, 0.2) is 11.5 Å². The molecule has 27 heavy (non-hydrogen) atoms. The molecule has 1 heterocycles. The van der Waals surface area contributed by atoms with Crippen molar-refractivity contribution < 1.29 is 19.1 Å². The van der Waals surface area contributed by atoms with Crippen LogP contribution in [0.1, 0.15) is 17.5 Å². The maximum absolute atomic E-state index is 12.2. The first-order valence-electron chi connectivity index (χ1n) is 8.64. The highest BCUT2D eigenvalue weighted by Crippen LogP contribution is 2.27. The zero-order valence-electron chi connectivity index (χ0n) is 15.9. The van der Waals surface area contributed by atoms with E-state index in [-0.39, 0.29) is 18.2 Å². The standard InChI is InChI=1S/C20H25N3O4/c1-23(11-8-15-6-9-21-10-7-15)20(25)13-19(24)22-14-16-4-5-17(26-2)18(12-16)27-3/h4-7,9-10,12H,8,11,13-14H2,1-3H3,(H,22,24). The molecule has 0 aliphatic heterocycles. The Labute approximate surface area is 159 Å². The number of carbonyl (C=O) groups is 2. The van der Waals surface area contributed by atoms with Gasteiger partial charge in [-0.3, -0.25) is 14.6 Å². The minimum atomic E-state index is -0.314. The average Bonchev–Trinajstić information content (AvgIpc) is 2.70. The molecule has 1 N–H and O–H groups in total. The van der Waals surface area contributed by atoms with Gasteiger partial charge in [-0.05, 0) is 41.8 Å². The third-order valence-electron chi connectivity index (χ3n) is 4.16. The second-order valence-electron chi connectivity index (χ2n) is 6.06. The Morgan fingerprint density at radius 3 is 2.41 bits per heavy atom. The summed E-state index contributed by atoms with van der Waals surface area (Å²) >= 11 is 0. The summed E-state index contributed by atoms with van der Waals surface area (Å²) in [5.41, 5.74) is 1.96. The number of hydrogen-bond donors (Lipinski definition) is 1. The normalized spacial score (nSPS) is 10.2. The molecule has 1 aromatic carbocycles. The van der Waals surface area contributed by atoms with Gasteiger partial charge in [0.25, 0.3) is 0 Å². The minimum absolute atomic E-state index is 0.180. The van der Waals surface area contributed by atoms with Crippen LogP contribution >= 0.6 is 0 Å². The molecular formula is C20H25N3O4. The summed E-state index contributed by atoms with van der Waals surface area (Å²) in [6.45, 7) is 0.860. The third kappa shape index (κ3) is 6.29. The van der Waals surface area contributed by atoms with E-state index < -0.39 is 0 Å². The first kappa shape index (κ1) is 20.2. The first-order valence-corrected chi connectivity index (χ1v) is 8.64. The Balaban J connectivity index is 1.78. The molecule has 0 fully saturated rings. The molecule has 7 nitrogen and oxygen atoms in total. The highest BCUT2D eigenvalue weighted by molar-refractivity contribution is 5.96. The van der Waals surface area contributed by atoms with Crippen LogP contribution in [0.25, 0.3) is 0 Å². The second-order valence-corrected chi connectivity index (χ2v) is 6.06. The van der Waals surface area contributed by atoms with Gasteiger partial charge < -0.3 is 19.7 Å². The molecule has 0 aliphatic rings. The van der Waals surface area contributed by atoms with Crippen molar-refractivity contribution in [2.24, 2.45) is 0 Å². The fourth-order valence-corrected chi connectivity index (χ4v) is 2.50. The van der Waals surface area contributed by atoms with E-state index in [0.29, 0.717) is 24.6 Å². The molecule has 2 aromatic rings. The lowest BCUT2D eigenvalue weighted by Crippen LogP contribution is -2.34. The zero-order chi connectivity index (χ0) is 19.6. The number of hydrogen-bond acceptors (Lipinski definition) is 5. The monoisotopic (exact) mass is 371 g/mol. The molecular weight excluding hydrogens is 346 g/mol. The van der Waals surface area contributed by atoms with E-state index in [0.717, 1.165) is 17.5 Å². The molecule has 2 rings (SSSR count). The largest absolute Gasteiger partial charge is 0.493 e. The Hall–Kier alpha value is -3.09. The van der Waals surface area contributed by atoms with Crippen LogP contribution in [0.3, 0.4) is 0 Å². The molecule has 0 bridgehead atoms. The Bertz CT molecular complexity index is 765. The number of nitrogens with one attached hydrogen (secondary N) is 1. The van der Waals surface area contributed by atoms with Crippen LogP contribution in [0.4, 0.5) is 0 Å². The Kier molecular flexibility index (Phi) is 7.61. The molecule has 0 radical (unpaired) electrons. The smallest absolute Gasteiger partial charge is 0.231 e. The van der Waals surface area contributed by atoms with Crippen molar-refractivity contribution in [3.63, 3.8) is 0 Å². The van der Waals surface area contributed by atoms with E-state index in [9.17, 15) is 9.59 Å². The Morgan fingerprint density at radius 1 is 1.04 bits per heavy atom. The number of pyridine rings is 1. The summed E-state index contributed by atoms with van der Waals surface area (Å²) in [5, 5.41) is 2.76. The molecule has 0 saturated heterocycles. The van der Waals surface area contributed by atoms with Gasteiger partial charge in [-0.2, -0.15) is 0 Å². The molecule has 0 atom stereocenters. The van der Waals surface area contributed by atoms with E-state index >= 15 is 0 Å². The molecule has 0 aliphatic carbocycles. The summed E-state index contributed by atoms with van der Waals surface area (Å²) < 4.78 is 10.4. The van der Waals surface area contributed by atoms with Crippen molar-refractivity contribution in [3.05, 3.63) is 53.9 Å². The average molecular weight is 371 g/mol. The number of likely N-dealkylation sites (N-methyl/N-ethyl adjacent to an activating group) is 1. The number of nitrogens with zero attached hydrogens (tertiary/aromatic N) is 2. The highest BCUT2D eigenvalue weighted by Gasteiger charge is 2.14. The first-order chi connectivity index (χ1) is 13.0. The molecule has 0 saturated carbocycles. The van der Waals surface area contributed by atoms with Crippen molar-refractivity contribution in [2.75, 3.05) is 27.8 Å². The number of benzene rings is 1. The van der Waals surface area contributed by atoms with Crippen molar-refractivity contribution in [3.8, 4) is 11.5 Å². The number of carbonyl (C=O) groups excluding carboxylic acids is 2. The quantitative estimate of drug-likeness (QED) is 0.680. The summed E-state index contributed by atoms with van der Waals surface area (Å²) in [7, 11) is 4.82. The number of amides is 2. The van der Waals surface area contributed by atoms with Gasteiger partial charge in [-0.15, -0.1) is 0 Å². The van der Waals surface area contributed by atoms with Gasteiger partial charge in [0.1, 0.15) is 6.42 Å². The van der Waals surface area contributed by atoms with E-state index in [2.05, 4.69) is 10.3 Å². The van der Waals surface area contributed by atoms with Gasteiger partial charge >= 0.3 is 0 Å². The van der Waals surface area contributed by atoms with Crippen LogP contribution < -0.4 is 14.8 Å². The minimum Gasteiger partial charge on any atom is -0.493 e. The lowest BCUT2D eigenvalue weighted by molar-refractivity contribution is -0.135. The molecule has 0 spiro atoms. The number of methoxy groups -OCH3 is 2. The highest BCUT2D eigenvalue weighted by atomic mass is 16.5. The predicted octanol–water partition coefficient (Wildman–Crippen LogP) is 1.81. The fraction of sp³-hybridized carbons (Fsp3) is 0.350. The van der Waals surface area contributed by atoms with E-state index in [4.69, 9.17) is 9.47 Å². The Morgan fingerprint density at radius 2 is 1.74 bits per heavy atom. The van der Waals surface area contributed by atoms with Crippen molar-refractivity contribution in [2.45, 2.75) is 19.4 Å². The molecule has 7 heteroatoms. The van der Waals surface area contributed by atoms with Crippen LogP contribution in [-0.4, -0.2) is 49.5 Å². The van der Waals surface area contributed by atoms with E-state index in [1.807, 2.05) is 18.2 Å². The summed E-state index contributed by atoms with van der Waals surface area (Å²) in [5.74, 6) is 0.689. The predicted molar refractivity (Wildman–Crippen MR) is 102 cm³/mol. The van der Waals surface area contributed by atoms with Crippen LogP contribution in [-0.2, 0) is 22.6 Å². The number of rotatable bonds is 9. The third-order valence-corrected chi connectivity index (χ3v) is 4.16. The van der Waals surface area contributed by atoms with Crippen molar-refractivity contribution in [1.82, 2.24) is 15.2 Å². The maximum Gasteiger partial charge on any atom is 0.231 e. The summed E-state index contributed by atoms with van der Waals surface area (Å²) in [6, 6.07) is 9.23. The molecule has 0 unspecified atom stereocenters. The maximum atomic E-state index is 12.2. The van der Waals surface area contributed by atoms with Gasteiger partial charge in [-0.1, -0.05) is 6.07 Å². The van der Waals surface area contributed by atoms with Gasteiger partial charge in [0.2, 0.25) is 11.8 Å². The summed E-state index contributed by atoms with van der Waals surface area (Å²) in [6.07, 6.45) is 3.98. The van der Waals surface area contributed by atoms with E-state index in [1.165, 1.54) is 0 Å². The van der Waals surface area contributed by atoms with Gasteiger partial charge in [-0.25, -0.2) is 0 Å². The molecule has 2 amide bonds. The SMILES string of the molecule is COc1ccc(CNC(=O)CC(=O)N(C)CCc2ccncc2)cc1OC. The second kappa shape index (κ2) is 10.2. The zero-order valence-corrected chi connectivity index (χ0v) is 15.9.